The Kier molecular flexibility index (Phi) is 2.30. The monoisotopic (exact) mass is 238 g/mol. The molecule has 2 heterocycles. The van der Waals surface area contributed by atoms with Crippen molar-refractivity contribution in [2.75, 3.05) is 5.73 Å². The lowest BCUT2D eigenvalue weighted by Gasteiger charge is -2.07. The van der Waals surface area contributed by atoms with Gasteiger partial charge < -0.3 is 5.73 Å². The Labute approximate surface area is 105 Å². The predicted molar refractivity (Wildman–Crippen MR) is 72.3 cm³/mol. The molecular weight excluding hydrogens is 224 g/mol. The van der Waals surface area contributed by atoms with Crippen molar-refractivity contribution in [3.63, 3.8) is 0 Å². The molecule has 0 saturated heterocycles. The molecule has 0 fully saturated rings. The van der Waals surface area contributed by atoms with Gasteiger partial charge in [0.25, 0.3) is 0 Å². The summed E-state index contributed by atoms with van der Waals surface area (Å²) >= 11 is 0. The molecule has 0 aliphatic heterocycles. The molecule has 0 atom stereocenters. The maximum absolute atomic E-state index is 6.02. The van der Waals surface area contributed by atoms with Crippen LogP contribution < -0.4 is 5.73 Å². The van der Waals surface area contributed by atoms with Gasteiger partial charge in [-0.25, -0.2) is 4.98 Å². The fourth-order valence-corrected chi connectivity index (χ4v) is 2.11. The van der Waals surface area contributed by atoms with Gasteiger partial charge >= 0.3 is 0 Å². The summed E-state index contributed by atoms with van der Waals surface area (Å²) < 4.78 is 1.66. The number of aromatic nitrogens is 3. The Hall–Kier alpha value is -2.36. The van der Waals surface area contributed by atoms with Gasteiger partial charge in [0.15, 0.2) is 5.65 Å². The van der Waals surface area contributed by atoms with E-state index in [2.05, 4.69) is 29.1 Å². The standard InChI is InChI=1S/C14H14N4/c1-9-5-3-4-6-11(9)12-8-13(15)18-14(16-12)7-10(2)17-18/h3-8H,15H2,1-2H3. The number of fused-ring (bicyclic) bond motifs is 1. The third-order valence-electron chi connectivity index (χ3n) is 3.00. The average molecular weight is 238 g/mol. The molecule has 0 spiro atoms. The van der Waals surface area contributed by atoms with Crippen LogP contribution in [0.15, 0.2) is 36.4 Å². The Balaban J connectivity index is 2.28. The van der Waals surface area contributed by atoms with Crippen molar-refractivity contribution in [1.82, 2.24) is 14.6 Å². The Bertz CT molecular complexity index is 728. The number of nitrogens with zero attached hydrogens (tertiary/aromatic N) is 3. The topological polar surface area (TPSA) is 56.2 Å². The average Bonchev–Trinajstić information content (AvgIpc) is 2.71. The molecule has 0 amide bonds. The van der Waals surface area contributed by atoms with Gasteiger partial charge in [-0.3, -0.25) is 0 Å². The van der Waals surface area contributed by atoms with Gasteiger partial charge in [0, 0.05) is 17.7 Å². The summed E-state index contributed by atoms with van der Waals surface area (Å²) in [6, 6.07) is 11.9. The maximum atomic E-state index is 6.02. The van der Waals surface area contributed by atoms with E-state index in [1.807, 2.05) is 31.2 Å². The molecule has 4 heteroatoms. The first kappa shape index (κ1) is 10.8. The molecule has 3 rings (SSSR count). The van der Waals surface area contributed by atoms with Crippen molar-refractivity contribution in [2.24, 2.45) is 0 Å². The first-order chi connectivity index (χ1) is 8.65. The van der Waals surface area contributed by atoms with Gasteiger partial charge in [-0.2, -0.15) is 9.61 Å². The molecular formula is C14H14N4. The maximum Gasteiger partial charge on any atom is 0.158 e. The van der Waals surface area contributed by atoms with Crippen molar-refractivity contribution in [2.45, 2.75) is 13.8 Å². The van der Waals surface area contributed by atoms with Crippen LogP contribution in [-0.2, 0) is 0 Å². The number of hydrogen-bond acceptors (Lipinski definition) is 3. The van der Waals surface area contributed by atoms with E-state index in [4.69, 9.17) is 5.73 Å². The number of anilines is 1. The zero-order valence-electron chi connectivity index (χ0n) is 10.4. The number of benzene rings is 1. The highest BCUT2D eigenvalue weighted by Gasteiger charge is 2.08. The number of hydrogen-bond donors (Lipinski definition) is 1. The van der Waals surface area contributed by atoms with E-state index in [0.29, 0.717) is 5.82 Å². The third kappa shape index (κ3) is 1.62. The first-order valence-electron chi connectivity index (χ1n) is 5.84. The molecule has 0 aliphatic rings. The van der Waals surface area contributed by atoms with Crippen molar-refractivity contribution in [3.05, 3.63) is 47.7 Å². The third-order valence-corrected chi connectivity index (χ3v) is 3.00. The summed E-state index contributed by atoms with van der Waals surface area (Å²) in [4.78, 5) is 4.61. The highest BCUT2D eigenvalue weighted by atomic mass is 15.3. The van der Waals surface area contributed by atoms with Crippen molar-refractivity contribution in [1.29, 1.82) is 0 Å². The van der Waals surface area contributed by atoms with E-state index in [-0.39, 0.29) is 0 Å². The fraction of sp³-hybridized carbons (Fsp3) is 0.143. The largest absolute Gasteiger partial charge is 0.384 e. The molecule has 2 N–H and O–H groups in total. The van der Waals surface area contributed by atoms with Gasteiger partial charge in [-0.05, 0) is 19.4 Å². The number of aryl methyl sites for hydroxylation is 2. The van der Waals surface area contributed by atoms with E-state index in [9.17, 15) is 0 Å². The minimum atomic E-state index is 0.603. The van der Waals surface area contributed by atoms with Crippen LogP contribution in [0.5, 0.6) is 0 Å². The molecule has 0 saturated carbocycles. The molecule has 0 unspecified atom stereocenters. The minimum absolute atomic E-state index is 0.603. The highest BCUT2D eigenvalue weighted by molar-refractivity contribution is 5.68. The summed E-state index contributed by atoms with van der Waals surface area (Å²) in [5, 5.41) is 4.30. The molecule has 3 aromatic rings. The lowest BCUT2D eigenvalue weighted by Crippen LogP contribution is -2.01. The molecule has 0 aliphatic carbocycles. The molecule has 4 nitrogen and oxygen atoms in total. The molecule has 1 aromatic carbocycles. The van der Waals surface area contributed by atoms with Crippen molar-refractivity contribution in [3.8, 4) is 11.3 Å². The van der Waals surface area contributed by atoms with Gasteiger partial charge in [-0.1, -0.05) is 24.3 Å². The van der Waals surface area contributed by atoms with E-state index < -0.39 is 0 Å². The van der Waals surface area contributed by atoms with E-state index in [0.717, 1.165) is 22.6 Å². The Morgan fingerprint density at radius 2 is 1.89 bits per heavy atom. The van der Waals surface area contributed by atoms with Crippen LogP contribution in [0.3, 0.4) is 0 Å². The van der Waals surface area contributed by atoms with Crippen LogP contribution in [0.25, 0.3) is 16.9 Å². The molecule has 2 aromatic heterocycles. The van der Waals surface area contributed by atoms with Gasteiger partial charge in [-0.15, -0.1) is 0 Å². The number of nitrogens with two attached hydrogens (primary N) is 1. The van der Waals surface area contributed by atoms with Crippen LogP contribution in [0.4, 0.5) is 5.82 Å². The Morgan fingerprint density at radius 1 is 1.11 bits per heavy atom. The van der Waals surface area contributed by atoms with Gasteiger partial charge in [0.1, 0.15) is 5.82 Å². The molecule has 18 heavy (non-hydrogen) atoms. The van der Waals surface area contributed by atoms with Crippen LogP contribution in [-0.4, -0.2) is 14.6 Å². The Morgan fingerprint density at radius 3 is 2.67 bits per heavy atom. The lowest BCUT2D eigenvalue weighted by molar-refractivity contribution is 0.930. The second-order valence-electron chi connectivity index (χ2n) is 4.44. The summed E-state index contributed by atoms with van der Waals surface area (Å²) in [7, 11) is 0. The smallest absolute Gasteiger partial charge is 0.158 e. The van der Waals surface area contributed by atoms with E-state index in [1.54, 1.807) is 4.52 Å². The van der Waals surface area contributed by atoms with Gasteiger partial charge in [0.2, 0.25) is 0 Å². The van der Waals surface area contributed by atoms with Crippen LogP contribution in [0.1, 0.15) is 11.3 Å². The van der Waals surface area contributed by atoms with Crippen LogP contribution in [0.2, 0.25) is 0 Å². The second kappa shape index (κ2) is 3.84. The summed E-state index contributed by atoms with van der Waals surface area (Å²) in [5.74, 6) is 0.603. The quantitative estimate of drug-likeness (QED) is 0.709. The molecule has 0 bridgehead atoms. The van der Waals surface area contributed by atoms with E-state index >= 15 is 0 Å². The zero-order valence-corrected chi connectivity index (χ0v) is 10.4. The highest BCUT2D eigenvalue weighted by Crippen LogP contribution is 2.24. The van der Waals surface area contributed by atoms with Crippen molar-refractivity contribution >= 4 is 11.5 Å². The number of nitrogen functional groups attached to an aromatic ring is 1. The summed E-state index contributed by atoms with van der Waals surface area (Å²) in [5.41, 5.74) is 10.9. The first-order valence-corrected chi connectivity index (χ1v) is 5.84. The fourth-order valence-electron chi connectivity index (χ4n) is 2.11. The second-order valence-corrected chi connectivity index (χ2v) is 4.44. The van der Waals surface area contributed by atoms with Crippen LogP contribution in [0, 0.1) is 13.8 Å². The predicted octanol–water partition coefficient (Wildman–Crippen LogP) is 2.60. The summed E-state index contributed by atoms with van der Waals surface area (Å²) in [6.45, 7) is 4.00. The van der Waals surface area contributed by atoms with Crippen molar-refractivity contribution < 1.29 is 0 Å². The molecule has 0 radical (unpaired) electrons. The van der Waals surface area contributed by atoms with Gasteiger partial charge in [0.05, 0.1) is 11.4 Å². The summed E-state index contributed by atoms with van der Waals surface area (Å²) in [6.07, 6.45) is 0. The number of rotatable bonds is 1. The molecule has 90 valence electrons. The normalized spacial score (nSPS) is 11.0. The zero-order chi connectivity index (χ0) is 12.7. The van der Waals surface area contributed by atoms with E-state index in [1.165, 1.54) is 5.56 Å². The van der Waals surface area contributed by atoms with Crippen LogP contribution >= 0.6 is 0 Å². The SMILES string of the molecule is Cc1cc2nc(-c3ccccc3C)cc(N)n2n1. The minimum Gasteiger partial charge on any atom is -0.384 e. The lowest BCUT2D eigenvalue weighted by atomic mass is 10.1.